The van der Waals surface area contributed by atoms with E-state index in [-0.39, 0.29) is 5.56 Å². The number of hydrogen-bond donors (Lipinski definition) is 2. The van der Waals surface area contributed by atoms with Crippen molar-refractivity contribution in [2.45, 2.75) is 6.92 Å². The summed E-state index contributed by atoms with van der Waals surface area (Å²) in [5.74, 6) is 4.21. The normalized spacial score (nSPS) is 10.5. The number of aryl methyl sites for hydroxylation is 1. The second-order valence-corrected chi connectivity index (χ2v) is 4.40. The van der Waals surface area contributed by atoms with Crippen molar-refractivity contribution in [3.63, 3.8) is 0 Å². The van der Waals surface area contributed by atoms with Crippen molar-refractivity contribution in [2.75, 3.05) is 5.43 Å². The van der Waals surface area contributed by atoms with E-state index in [1.807, 2.05) is 0 Å². The lowest BCUT2D eigenvalue weighted by Gasteiger charge is -2.00. The molecule has 0 radical (unpaired) electrons. The highest BCUT2D eigenvalue weighted by Gasteiger charge is 2.13. The van der Waals surface area contributed by atoms with Crippen molar-refractivity contribution in [1.82, 2.24) is 4.98 Å². The first-order valence-electron chi connectivity index (χ1n) is 4.51. The van der Waals surface area contributed by atoms with Crippen molar-refractivity contribution in [3.8, 4) is 11.3 Å². The van der Waals surface area contributed by atoms with Gasteiger partial charge in [-0.15, -0.1) is 11.3 Å². The van der Waals surface area contributed by atoms with Gasteiger partial charge in [-0.3, -0.25) is 5.43 Å². The SMILES string of the molecule is Cc1sc(NN)nc1-c1cc(F)ccc1F. The molecule has 3 nitrogen and oxygen atoms in total. The number of aromatic nitrogens is 1. The van der Waals surface area contributed by atoms with Gasteiger partial charge in [-0.25, -0.2) is 19.6 Å². The average Bonchev–Trinajstić information content (AvgIpc) is 2.63. The van der Waals surface area contributed by atoms with Gasteiger partial charge in [0.05, 0.1) is 5.69 Å². The number of thiazole rings is 1. The van der Waals surface area contributed by atoms with Gasteiger partial charge in [0, 0.05) is 10.4 Å². The fourth-order valence-electron chi connectivity index (χ4n) is 1.39. The van der Waals surface area contributed by atoms with Crippen LogP contribution in [0, 0.1) is 18.6 Å². The summed E-state index contributed by atoms with van der Waals surface area (Å²) in [5.41, 5.74) is 2.94. The van der Waals surface area contributed by atoms with Gasteiger partial charge in [0.15, 0.2) is 5.13 Å². The molecule has 0 saturated carbocycles. The zero-order chi connectivity index (χ0) is 11.7. The lowest BCUT2D eigenvalue weighted by Crippen LogP contribution is -2.05. The fraction of sp³-hybridized carbons (Fsp3) is 0.100. The van der Waals surface area contributed by atoms with E-state index in [4.69, 9.17) is 5.84 Å². The van der Waals surface area contributed by atoms with Crippen LogP contribution < -0.4 is 11.3 Å². The van der Waals surface area contributed by atoms with E-state index < -0.39 is 11.6 Å². The Hall–Kier alpha value is -1.53. The second kappa shape index (κ2) is 4.15. The third-order valence-electron chi connectivity index (χ3n) is 2.10. The van der Waals surface area contributed by atoms with E-state index in [0.29, 0.717) is 10.8 Å². The van der Waals surface area contributed by atoms with Crippen molar-refractivity contribution in [1.29, 1.82) is 0 Å². The molecule has 0 amide bonds. The molecule has 1 aromatic heterocycles. The molecule has 0 unspecified atom stereocenters. The zero-order valence-electron chi connectivity index (χ0n) is 8.42. The van der Waals surface area contributed by atoms with Crippen LogP contribution in [0.25, 0.3) is 11.3 Å². The summed E-state index contributed by atoms with van der Waals surface area (Å²) >= 11 is 1.29. The van der Waals surface area contributed by atoms with Crippen LogP contribution in [0.5, 0.6) is 0 Å². The van der Waals surface area contributed by atoms with Crippen molar-refractivity contribution >= 4 is 16.5 Å². The number of hydrogen-bond acceptors (Lipinski definition) is 4. The predicted molar refractivity (Wildman–Crippen MR) is 60.0 cm³/mol. The molecule has 0 bridgehead atoms. The highest BCUT2D eigenvalue weighted by atomic mass is 32.1. The predicted octanol–water partition coefficient (Wildman–Crippen LogP) is 2.68. The maximum absolute atomic E-state index is 13.5. The number of halogens is 2. The van der Waals surface area contributed by atoms with Crippen molar-refractivity contribution < 1.29 is 8.78 Å². The Morgan fingerprint density at radius 2 is 2.12 bits per heavy atom. The third-order valence-corrected chi connectivity index (χ3v) is 3.01. The minimum absolute atomic E-state index is 0.148. The van der Waals surface area contributed by atoms with Crippen LogP contribution in [0.15, 0.2) is 18.2 Å². The number of nitrogen functional groups attached to an aromatic ring is 1. The first-order valence-corrected chi connectivity index (χ1v) is 5.33. The van der Waals surface area contributed by atoms with Crippen molar-refractivity contribution in [3.05, 3.63) is 34.7 Å². The minimum atomic E-state index is -0.502. The lowest BCUT2D eigenvalue weighted by molar-refractivity contribution is 0.602. The first-order chi connectivity index (χ1) is 7.61. The molecular weight excluding hydrogens is 232 g/mol. The largest absolute Gasteiger partial charge is 0.300 e. The Morgan fingerprint density at radius 3 is 2.75 bits per heavy atom. The quantitative estimate of drug-likeness (QED) is 0.627. The average molecular weight is 241 g/mol. The standard InChI is InChI=1S/C10H9F2N3S/c1-5-9(14-10(15-13)16-5)7-4-6(11)2-3-8(7)12/h2-4H,13H2,1H3,(H,14,15). The molecule has 0 saturated heterocycles. The van der Waals surface area contributed by atoms with Gasteiger partial charge in [0.2, 0.25) is 0 Å². The molecule has 1 aromatic carbocycles. The van der Waals surface area contributed by atoms with Crippen LogP contribution in [0.2, 0.25) is 0 Å². The molecule has 0 fully saturated rings. The Kier molecular flexibility index (Phi) is 2.84. The molecular formula is C10H9F2N3S. The topological polar surface area (TPSA) is 50.9 Å². The molecule has 2 rings (SSSR count). The smallest absolute Gasteiger partial charge is 0.197 e. The van der Waals surface area contributed by atoms with E-state index in [1.165, 1.54) is 11.3 Å². The summed E-state index contributed by atoms with van der Waals surface area (Å²) in [5, 5.41) is 0.469. The monoisotopic (exact) mass is 241 g/mol. The van der Waals surface area contributed by atoms with Gasteiger partial charge in [-0.05, 0) is 25.1 Å². The van der Waals surface area contributed by atoms with Gasteiger partial charge in [0.25, 0.3) is 0 Å². The molecule has 16 heavy (non-hydrogen) atoms. The van der Waals surface area contributed by atoms with E-state index in [2.05, 4.69) is 10.4 Å². The minimum Gasteiger partial charge on any atom is -0.300 e. The molecule has 0 aliphatic heterocycles. The molecule has 1 heterocycles. The fourth-order valence-corrected chi connectivity index (χ4v) is 2.13. The summed E-state index contributed by atoms with van der Waals surface area (Å²) in [6, 6.07) is 3.28. The van der Waals surface area contributed by atoms with E-state index in [1.54, 1.807) is 6.92 Å². The van der Waals surface area contributed by atoms with Crippen LogP contribution in [0.3, 0.4) is 0 Å². The van der Waals surface area contributed by atoms with Gasteiger partial charge in [-0.1, -0.05) is 0 Å². The molecule has 6 heteroatoms. The lowest BCUT2D eigenvalue weighted by atomic mass is 10.1. The molecule has 0 atom stereocenters. The first kappa shape index (κ1) is 11.0. The molecule has 2 aromatic rings. The van der Waals surface area contributed by atoms with Crippen LogP contribution >= 0.6 is 11.3 Å². The highest BCUT2D eigenvalue weighted by Crippen LogP contribution is 2.31. The Labute approximate surface area is 94.9 Å². The van der Waals surface area contributed by atoms with Crippen LogP contribution in [-0.4, -0.2) is 4.98 Å². The van der Waals surface area contributed by atoms with Gasteiger partial charge in [0.1, 0.15) is 11.6 Å². The summed E-state index contributed by atoms with van der Waals surface area (Å²) in [6.45, 7) is 1.78. The number of nitrogens with one attached hydrogen (secondary N) is 1. The zero-order valence-corrected chi connectivity index (χ0v) is 9.24. The Bertz CT molecular complexity index is 525. The number of rotatable bonds is 2. The second-order valence-electron chi connectivity index (χ2n) is 3.19. The van der Waals surface area contributed by atoms with Crippen LogP contribution in [-0.2, 0) is 0 Å². The van der Waals surface area contributed by atoms with Gasteiger partial charge in [-0.2, -0.15) is 0 Å². The maximum atomic E-state index is 13.5. The molecule has 84 valence electrons. The summed E-state index contributed by atoms with van der Waals surface area (Å²) in [4.78, 5) is 4.85. The Morgan fingerprint density at radius 1 is 1.38 bits per heavy atom. The van der Waals surface area contributed by atoms with E-state index in [9.17, 15) is 8.78 Å². The van der Waals surface area contributed by atoms with Crippen molar-refractivity contribution in [2.24, 2.45) is 5.84 Å². The highest BCUT2D eigenvalue weighted by molar-refractivity contribution is 7.15. The summed E-state index contributed by atoms with van der Waals surface area (Å²) in [7, 11) is 0. The number of nitrogens with zero attached hydrogens (tertiary/aromatic N) is 1. The van der Waals surface area contributed by atoms with Crippen LogP contribution in [0.1, 0.15) is 4.88 Å². The number of anilines is 1. The van der Waals surface area contributed by atoms with Gasteiger partial charge >= 0.3 is 0 Å². The van der Waals surface area contributed by atoms with Gasteiger partial charge < -0.3 is 0 Å². The number of benzene rings is 1. The maximum Gasteiger partial charge on any atom is 0.197 e. The molecule has 0 spiro atoms. The Balaban J connectivity index is 2.57. The summed E-state index contributed by atoms with van der Waals surface area (Å²) in [6.07, 6.45) is 0. The van der Waals surface area contributed by atoms with E-state index in [0.717, 1.165) is 23.1 Å². The molecule has 0 aliphatic rings. The van der Waals surface area contributed by atoms with E-state index >= 15 is 0 Å². The molecule has 0 aliphatic carbocycles. The number of nitrogens with two attached hydrogens (primary N) is 1. The number of hydrazine groups is 1. The third kappa shape index (κ3) is 1.89. The molecule has 3 N–H and O–H groups in total. The summed E-state index contributed by atoms with van der Waals surface area (Å²) < 4.78 is 26.5. The van der Waals surface area contributed by atoms with Crippen LogP contribution in [0.4, 0.5) is 13.9 Å².